The second-order valence-corrected chi connectivity index (χ2v) is 9.05. The van der Waals surface area contributed by atoms with Gasteiger partial charge in [-0.15, -0.1) is 0 Å². The predicted octanol–water partition coefficient (Wildman–Crippen LogP) is 1.67. The van der Waals surface area contributed by atoms with Crippen LogP contribution in [0.1, 0.15) is 46.0 Å². The van der Waals surface area contributed by atoms with Crippen molar-refractivity contribution >= 4 is 10.2 Å². The zero-order valence-electron chi connectivity index (χ0n) is 13.7. The summed E-state index contributed by atoms with van der Waals surface area (Å²) in [7, 11) is -1.53. The van der Waals surface area contributed by atoms with E-state index < -0.39 is 10.2 Å². The summed E-state index contributed by atoms with van der Waals surface area (Å²) in [5.41, 5.74) is 0. The van der Waals surface area contributed by atoms with Gasteiger partial charge < -0.3 is 5.32 Å². The lowest BCUT2D eigenvalue weighted by atomic mass is 9.86. The first kappa shape index (κ1) is 17.2. The van der Waals surface area contributed by atoms with E-state index in [1.54, 1.807) is 15.7 Å². The van der Waals surface area contributed by atoms with E-state index in [0.717, 1.165) is 19.4 Å². The van der Waals surface area contributed by atoms with Crippen LogP contribution in [0.25, 0.3) is 0 Å². The molecule has 1 N–H and O–H groups in total. The minimum absolute atomic E-state index is 0.438. The van der Waals surface area contributed by atoms with Gasteiger partial charge in [0.1, 0.15) is 0 Å². The Labute approximate surface area is 130 Å². The molecule has 0 aromatic carbocycles. The highest BCUT2D eigenvalue weighted by atomic mass is 32.2. The molecule has 1 heterocycles. The van der Waals surface area contributed by atoms with E-state index in [-0.39, 0.29) is 0 Å². The molecule has 1 saturated heterocycles. The first-order valence-electron chi connectivity index (χ1n) is 8.34. The molecule has 1 aliphatic carbocycles. The standard InChI is InChI=1S/C15H31N3O2S/c1-13(2)16-10-15-8-5-9-18(12-15)21(19,20)17(3)11-14-6-4-7-14/h13-16H,4-12H2,1-3H3. The van der Waals surface area contributed by atoms with Gasteiger partial charge in [0.15, 0.2) is 0 Å². The molecule has 1 saturated carbocycles. The summed E-state index contributed by atoms with van der Waals surface area (Å²) < 4.78 is 28.6. The van der Waals surface area contributed by atoms with Gasteiger partial charge in [-0.3, -0.25) is 0 Å². The molecule has 2 fully saturated rings. The summed E-state index contributed by atoms with van der Waals surface area (Å²) in [4.78, 5) is 0. The molecule has 0 radical (unpaired) electrons. The van der Waals surface area contributed by atoms with Crippen LogP contribution in [0.5, 0.6) is 0 Å². The zero-order chi connectivity index (χ0) is 15.5. The summed E-state index contributed by atoms with van der Waals surface area (Å²) in [5, 5.41) is 3.43. The van der Waals surface area contributed by atoms with Gasteiger partial charge in [-0.1, -0.05) is 20.3 Å². The van der Waals surface area contributed by atoms with E-state index in [2.05, 4.69) is 19.2 Å². The average Bonchev–Trinajstić information content (AvgIpc) is 2.40. The summed E-state index contributed by atoms with van der Waals surface area (Å²) in [5.74, 6) is 1.01. The van der Waals surface area contributed by atoms with Crippen LogP contribution in [-0.4, -0.2) is 56.3 Å². The van der Waals surface area contributed by atoms with Crippen LogP contribution < -0.4 is 5.32 Å². The molecule has 6 heteroatoms. The molecule has 0 aromatic rings. The van der Waals surface area contributed by atoms with Crippen molar-refractivity contribution in [3.8, 4) is 0 Å². The van der Waals surface area contributed by atoms with Crippen LogP contribution in [-0.2, 0) is 10.2 Å². The third kappa shape index (κ3) is 4.65. The highest BCUT2D eigenvalue weighted by Crippen LogP contribution is 2.28. The maximum atomic E-state index is 12.7. The number of nitrogens with one attached hydrogen (secondary N) is 1. The van der Waals surface area contributed by atoms with Crippen molar-refractivity contribution in [3.63, 3.8) is 0 Å². The Balaban J connectivity index is 1.88. The summed E-state index contributed by atoms with van der Waals surface area (Å²) >= 11 is 0. The molecule has 0 spiro atoms. The van der Waals surface area contributed by atoms with E-state index in [0.29, 0.717) is 37.5 Å². The number of hydrogen-bond donors (Lipinski definition) is 1. The smallest absolute Gasteiger partial charge is 0.281 e. The third-order valence-corrected chi connectivity index (χ3v) is 6.68. The predicted molar refractivity (Wildman–Crippen MR) is 86.3 cm³/mol. The Morgan fingerprint density at radius 1 is 1.19 bits per heavy atom. The molecular formula is C15H31N3O2S. The van der Waals surface area contributed by atoms with E-state index in [1.165, 1.54) is 19.3 Å². The van der Waals surface area contributed by atoms with E-state index in [4.69, 9.17) is 0 Å². The Kier molecular flexibility index (Phi) is 6.05. The summed E-state index contributed by atoms with van der Waals surface area (Å²) in [6.45, 7) is 7.20. The number of nitrogens with zero attached hydrogens (tertiary/aromatic N) is 2. The van der Waals surface area contributed by atoms with Crippen LogP contribution in [0.4, 0.5) is 0 Å². The number of hydrogen-bond acceptors (Lipinski definition) is 3. The lowest BCUT2D eigenvalue weighted by Crippen LogP contribution is -2.49. The minimum atomic E-state index is -3.27. The van der Waals surface area contributed by atoms with Crippen LogP contribution in [0.3, 0.4) is 0 Å². The van der Waals surface area contributed by atoms with Gasteiger partial charge in [-0.05, 0) is 44.1 Å². The molecule has 0 bridgehead atoms. The lowest BCUT2D eigenvalue weighted by molar-refractivity contribution is 0.223. The lowest BCUT2D eigenvalue weighted by Gasteiger charge is -2.36. The Bertz CT molecular complexity index is 421. The molecule has 21 heavy (non-hydrogen) atoms. The molecule has 1 unspecified atom stereocenters. The zero-order valence-corrected chi connectivity index (χ0v) is 14.5. The monoisotopic (exact) mass is 317 g/mol. The van der Waals surface area contributed by atoms with Gasteiger partial charge >= 0.3 is 0 Å². The van der Waals surface area contributed by atoms with Crippen LogP contribution in [0, 0.1) is 11.8 Å². The molecule has 5 nitrogen and oxygen atoms in total. The molecular weight excluding hydrogens is 286 g/mol. The van der Waals surface area contributed by atoms with Crippen molar-refractivity contribution in [1.82, 2.24) is 13.9 Å². The molecule has 2 aliphatic rings. The third-order valence-electron chi connectivity index (χ3n) is 4.76. The van der Waals surface area contributed by atoms with Gasteiger partial charge in [0, 0.05) is 32.7 Å². The Morgan fingerprint density at radius 2 is 1.86 bits per heavy atom. The van der Waals surface area contributed by atoms with Gasteiger partial charge in [-0.25, -0.2) is 0 Å². The molecule has 0 aromatic heterocycles. The van der Waals surface area contributed by atoms with Crippen LogP contribution >= 0.6 is 0 Å². The van der Waals surface area contributed by atoms with Crippen molar-refractivity contribution in [2.24, 2.45) is 11.8 Å². The summed E-state index contributed by atoms with van der Waals surface area (Å²) in [6, 6.07) is 0.457. The number of rotatable bonds is 7. The van der Waals surface area contributed by atoms with Crippen LogP contribution in [0.2, 0.25) is 0 Å². The van der Waals surface area contributed by atoms with Crippen molar-refractivity contribution < 1.29 is 8.42 Å². The highest BCUT2D eigenvalue weighted by molar-refractivity contribution is 7.86. The second kappa shape index (κ2) is 7.40. The molecule has 0 amide bonds. The van der Waals surface area contributed by atoms with Gasteiger partial charge in [0.05, 0.1) is 0 Å². The first-order valence-corrected chi connectivity index (χ1v) is 9.74. The van der Waals surface area contributed by atoms with E-state index in [1.807, 2.05) is 0 Å². The van der Waals surface area contributed by atoms with Gasteiger partial charge in [0.2, 0.25) is 0 Å². The average molecular weight is 317 g/mol. The van der Waals surface area contributed by atoms with Crippen LogP contribution in [0.15, 0.2) is 0 Å². The molecule has 2 rings (SSSR count). The number of piperidine rings is 1. The Hall–Kier alpha value is -0.170. The van der Waals surface area contributed by atoms with Crippen molar-refractivity contribution in [2.45, 2.75) is 52.0 Å². The van der Waals surface area contributed by atoms with Crippen molar-refractivity contribution in [3.05, 3.63) is 0 Å². The highest BCUT2D eigenvalue weighted by Gasteiger charge is 2.33. The Morgan fingerprint density at radius 3 is 2.43 bits per heavy atom. The summed E-state index contributed by atoms with van der Waals surface area (Å²) in [6.07, 6.45) is 5.71. The van der Waals surface area contributed by atoms with Crippen molar-refractivity contribution in [1.29, 1.82) is 0 Å². The van der Waals surface area contributed by atoms with E-state index >= 15 is 0 Å². The fourth-order valence-electron chi connectivity index (χ4n) is 3.14. The first-order chi connectivity index (χ1) is 9.89. The minimum Gasteiger partial charge on any atom is -0.314 e. The maximum Gasteiger partial charge on any atom is 0.281 e. The normalized spacial score (nSPS) is 25.5. The quantitative estimate of drug-likeness (QED) is 0.777. The van der Waals surface area contributed by atoms with Crippen molar-refractivity contribution in [2.75, 3.05) is 33.2 Å². The molecule has 1 aliphatic heterocycles. The molecule has 124 valence electrons. The van der Waals surface area contributed by atoms with E-state index in [9.17, 15) is 8.42 Å². The van der Waals surface area contributed by atoms with Gasteiger partial charge in [-0.2, -0.15) is 17.0 Å². The molecule has 1 atom stereocenters. The maximum absolute atomic E-state index is 12.7. The fraction of sp³-hybridized carbons (Fsp3) is 1.00. The van der Waals surface area contributed by atoms with Gasteiger partial charge in [0.25, 0.3) is 10.2 Å². The largest absolute Gasteiger partial charge is 0.314 e. The second-order valence-electron chi connectivity index (χ2n) is 7.01. The topological polar surface area (TPSA) is 52.7 Å². The SMILES string of the molecule is CC(C)NCC1CCCN(S(=O)(=O)N(C)CC2CCC2)C1. The fourth-order valence-corrected chi connectivity index (χ4v) is 4.69.